The Labute approximate surface area is 150 Å². The molecule has 0 unspecified atom stereocenters. The number of amides is 1. The number of nitrogens with one attached hydrogen (secondary N) is 1. The van der Waals surface area contributed by atoms with E-state index in [2.05, 4.69) is 10.3 Å². The van der Waals surface area contributed by atoms with Crippen molar-refractivity contribution >= 4 is 5.91 Å². The predicted octanol–water partition coefficient (Wildman–Crippen LogP) is 3.42. The van der Waals surface area contributed by atoms with E-state index in [1.807, 2.05) is 4.90 Å². The Morgan fingerprint density at radius 2 is 2.08 bits per heavy atom. The monoisotopic (exact) mass is 371 g/mol. The predicted molar refractivity (Wildman–Crippen MR) is 89.9 cm³/mol. The Hall–Kier alpha value is -1.83. The highest BCUT2D eigenvalue weighted by molar-refractivity contribution is 5.98. The van der Waals surface area contributed by atoms with E-state index < -0.39 is 18.6 Å². The zero-order chi connectivity index (χ0) is 18.9. The quantitative estimate of drug-likeness (QED) is 0.833. The average Bonchev–Trinajstić information content (AvgIpc) is 3.19. The summed E-state index contributed by atoms with van der Waals surface area (Å²) in [7, 11) is 1.48. The molecule has 1 N–H and O–H groups in total. The Morgan fingerprint density at radius 3 is 2.69 bits per heavy atom. The molecule has 1 fully saturated rings. The smallest absolute Gasteiger partial charge is 0.390 e. The van der Waals surface area contributed by atoms with Gasteiger partial charge in [-0.3, -0.25) is 4.79 Å². The molecule has 2 aliphatic rings. The van der Waals surface area contributed by atoms with Gasteiger partial charge in [-0.1, -0.05) is 12.8 Å². The van der Waals surface area contributed by atoms with Crippen LogP contribution in [-0.2, 0) is 13.1 Å². The van der Waals surface area contributed by atoms with Gasteiger partial charge in [-0.25, -0.2) is 4.98 Å². The van der Waals surface area contributed by atoms with Crippen LogP contribution in [0.25, 0.3) is 0 Å². The number of carbonyl (C=O) groups is 1. The highest BCUT2D eigenvalue weighted by Gasteiger charge is 2.36. The molecule has 26 heavy (non-hydrogen) atoms. The zero-order valence-corrected chi connectivity index (χ0v) is 15.0. The first-order valence-corrected chi connectivity index (χ1v) is 8.96. The third-order valence-electron chi connectivity index (χ3n) is 5.09. The molecule has 0 radical (unpaired) electrons. The van der Waals surface area contributed by atoms with Gasteiger partial charge in [0.15, 0.2) is 0 Å². The molecule has 1 aliphatic carbocycles. The second kappa shape index (κ2) is 7.42. The zero-order valence-electron chi connectivity index (χ0n) is 15.0. The van der Waals surface area contributed by atoms with E-state index in [9.17, 15) is 18.0 Å². The van der Waals surface area contributed by atoms with Crippen molar-refractivity contribution in [2.75, 3.05) is 7.11 Å². The lowest BCUT2D eigenvalue weighted by Crippen LogP contribution is -2.33. The molecule has 144 valence electrons. The fraction of sp³-hybridized carbons (Fsp3) is 0.667. The maximum atomic E-state index is 12.7. The van der Waals surface area contributed by atoms with Gasteiger partial charge in [-0.05, 0) is 25.8 Å². The maximum absolute atomic E-state index is 12.7. The highest BCUT2D eigenvalue weighted by atomic mass is 19.4. The van der Waals surface area contributed by atoms with Crippen LogP contribution in [0.4, 0.5) is 13.2 Å². The van der Waals surface area contributed by atoms with E-state index in [0.717, 1.165) is 25.7 Å². The molecule has 0 aromatic carbocycles. The number of alkyl halides is 3. The van der Waals surface area contributed by atoms with E-state index in [-0.39, 0.29) is 18.5 Å². The standard InChI is InChI=1S/C18H24F3N3O2/c1-11(8-18(19,20)21)22-9-12-7-14-15(23-16(12)26-2)10-24(17(14)25)13-5-3-4-6-13/h7,11,13,22H,3-6,8-10H2,1-2H3/t11-/m1/s1. The van der Waals surface area contributed by atoms with E-state index >= 15 is 0 Å². The molecule has 0 spiro atoms. The third-order valence-corrected chi connectivity index (χ3v) is 5.09. The molecule has 1 atom stereocenters. The van der Waals surface area contributed by atoms with Crippen LogP contribution in [0.15, 0.2) is 6.07 Å². The van der Waals surface area contributed by atoms with E-state index in [4.69, 9.17) is 4.74 Å². The summed E-state index contributed by atoms with van der Waals surface area (Å²) in [5, 5.41) is 2.84. The number of halogens is 3. The van der Waals surface area contributed by atoms with E-state index in [0.29, 0.717) is 29.2 Å². The summed E-state index contributed by atoms with van der Waals surface area (Å²) in [6.07, 6.45) is -0.839. The van der Waals surface area contributed by atoms with Crippen LogP contribution in [0, 0.1) is 0 Å². The van der Waals surface area contributed by atoms with Crippen molar-refractivity contribution in [1.82, 2.24) is 15.2 Å². The van der Waals surface area contributed by atoms with Crippen molar-refractivity contribution < 1.29 is 22.7 Å². The molecule has 8 heteroatoms. The van der Waals surface area contributed by atoms with E-state index in [1.54, 1.807) is 6.07 Å². The molecule has 1 aromatic rings. The Bertz CT molecular complexity index is 672. The SMILES string of the molecule is COc1nc2c(cc1CN[C@H](C)CC(F)(F)F)C(=O)N(C1CCCC1)C2. The van der Waals surface area contributed by atoms with Crippen LogP contribution in [0.5, 0.6) is 5.88 Å². The highest BCUT2D eigenvalue weighted by Crippen LogP contribution is 2.33. The number of nitrogens with zero attached hydrogens (tertiary/aromatic N) is 2. The number of aromatic nitrogens is 1. The molecular weight excluding hydrogens is 347 g/mol. The van der Waals surface area contributed by atoms with Gasteiger partial charge < -0.3 is 15.0 Å². The first-order valence-electron chi connectivity index (χ1n) is 8.96. The van der Waals surface area contributed by atoms with Crippen molar-refractivity contribution in [3.8, 4) is 5.88 Å². The number of pyridine rings is 1. The van der Waals surface area contributed by atoms with Gasteiger partial charge in [-0.15, -0.1) is 0 Å². The van der Waals surface area contributed by atoms with Crippen molar-refractivity contribution in [1.29, 1.82) is 0 Å². The molecule has 1 aliphatic heterocycles. The minimum absolute atomic E-state index is 0.0355. The van der Waals surface area contributed by atoms with Crippen molar-refractivity contribution in [2.45, 2.75) is 70.4 Å². The van der Waals surface area contributed by atoms with Crippen LogP contribution >= 0.6 is 0 Å². The molecular formula is C18H24F3N3O2. The fourth-order valence-corrected chi connectivity index (χ4v) is 3.79. The Kier molecular flexibility index (Phi) is 5.41. The lowest BCUT2D eigenvalue weighted by Gasteiger charge is -2.22. The molecule has 0 bridgehead atoms. The fourth-order valence-electron chi connectivity index (χ4n) is 3.79. The number of methoxy groups -OCH3 is 1. The first kappa shape index (κ1) is 18.9. The number of hydrogen-bond acceptors (Lipinski definition) is 4. The number of rotatable bonds is 6. The van der Waals surface area contributed by atoms with Crippen LogP contribution in [0.2, 0.25) is 0 Å². The van der Waals surface area contributed by atoms with E-state index in [1.165, 1.54) is 14.0 Å². The molecule has 0 saturated heterocycles. The minimum Gasteiger partial charge on any atom is -0.481 e. The largest absolute Gasteiger partial charge is 0.481 e. The van der Waals surface area contributed by atoms with Crippen LogP contribution in [0.1, 0.15) is 60.6 Å². The van der Waals surface area contributed by atoms with Gasteiger partial charge in [0.2, 0.25) is 5.88 Å². The van der Waals surface area contributed by atoms with Crippen LogP contribution in [0.3, 0.4) is 0 Å². The first-order chi connectivity index (χ1) is 12.3. The van der Waals surface area contributed by atoms with Crippen LogP contribution < -0.4 is 10.1 Å². The van der Waals surface area contributed by atoms with Gasteiger partial charge in [-0.2, -0.15) is 13.2 Å². The summed E-state index contributed by atoms with van der Waals surface area (Å²) in [4.78, 5) is 19.1. The molecule has 3 rings (SSSR count). The second-order valence-electron chi connectivity index (χ2n) is 7.12. The second-order valence-corrected chi connectivity index (χ2v) is 7.12. The van der Waals surface area contributed by atoms with Crippen LogP contribution in [-0.4, -0.2) is 41.2 Å². The normalized spacial score (nSPS) is 19.1. The summed E-state index contributed by atoms with van der Waals surface area (Å²) in [6, 6.07) is 1.24. The molecule has 1 amide bonds. The Morgan fingerprint density at radius 1 is 1.38 bits per heavy atom. The summed E-state index contributed by atoms with van der Waals surface area (Å²) < 4.78 is 42.7. The average molecular weight is 371 g/mol. The summed E-state index contributed by atoms with van der Waals surface area (Å²) in [5.41, 5.74) is 1.82. The number of hydrogen-bond donors (Lipinski definition) is 1. The maximum Gasteiger partial charge on any atom is 0.390 e. The molecule has 1 aromatic heterocycles. The van der Waals surface area contributed by atoms with Gasteiger partial charge in [0, 0.05) is 24.2 Å². The molecule has 5 nitrogen and oxygen atoms in total. The molecule has 1 saturated carbocycles. The third kappa shape index (κ3) is 4.11. The lowest BCUT2D eigenvalue weighted by atomic mass is 10.1. The van der Waals surface area contributed by atoms with Gasteiger partial charge >= 0.3 is 6.18 Å². The molecule has 2 heterocycles. The number of ether oxygens (including phenoxy) is 1. The topological polar surface area (TPSA) is 54.5 Å². The van der Waals surface area contributed by atoms with Crippen molar-refractivity contribution in [3.05, 3.63) is 22.9 Å². The lowest BCUT2D eigenvalue weighted by molar-refractivity contribution is -0.139. The summed E-state index contributed by atoms with van der Waals surface area (Å²) in [5.74, 6) is 0.322. The summed E-state index contributed by atoms with van der Waals surface area (Å²) >= 11 is 0. The minimum atomic E-state index is -4.22. The Balaban J connectivity index is 1.74. The van der Waals surface area contributed by atoms with Gasteiger partial charge in [0.25, 0.3) is 5.91 Å². The van der Waals surface area contributed by atoms with Gasteiger partial charge in [0.05, 0.1) is 31.3 Å². The number of fused-ring (bicyclic) bond motifs is 1. The van der Waals surface area contributed by atoms with Crippen molar-refractivity contribution in [2.24, 2.45) is 0 Å². The number of carbonyl (C=O) groups excluding carboxylic acids is 1. The van der Waals surface area contributed by atoms with Crippen molar-refractivity contribution in [3.63, 3.8) is 0 Å². The van der Waals surface area contributed by atoms with Gasteiger partial charge in [0.1, 0.15) is 0 Å². The summed E-state index contributed by atoms with van der Waals surface area (Å²) in [6.45, 7) is 2.12.